The zero-order valence-electron chi connectivity index (χ0n) is 8.16. The lowest BCUT2D eigenvalue weighted by Crippen LogP contribution is -2.21. The molecule has 1 aromatic heterocycles. The number of nitrogens with zero attached hydrogens (tertiary/aromatic N) is 2. The molecular weight excluding hydrogens is 216 g/mol. The summed E-state index contributed by atoms with van der Waals surface area (Å²) >= 11 is 7.45. The second-order valence-electron chi connectivity index (χ2n) is 3.17. The first kappa shape index (κ1) is 11.5. The summed E-state index contributed by atoms with van der Waals surface area (Å²) in [5.74, 6) is 0. The van der Waals surface area contributed by atoms with Gasteiger partial charge in [-0.05, 0) is 25.6 Å². The number of hydrogen-bond acceptors (Lipinski definition) is 3. The van der Waals surface area contributed by atoms with Crippen molar-refractivity contribution in [2.75, 3.05) is 20.1 Å². The number of thiophene rings is 1. The largest absolute Gasteiger partial charge is 0.305 e. The molecule has 0 fully saturated rings. The van der Waals surface area contributed by atoms with Crippen LogP contribution in [0.2, 0.25) is 4.34 Å². The maximum Gasteiger partial charge on any atom is 0.0931 e. The highest BCUT2D eigenvalue weighted by Crippen LogP contribution is 2.21. The van der Waals surface area contributed by atoms with E-state index in [4.69, 9.17) is 16.9 Å². The van der Waals surface area contributed by atoms with E-state index in [1.807, 2.05) is 13.1 Å². The average molecular weight is 229 g/mol. The molecule has 0 N–H and O–H groups in total. The van der Waals surface area contributed by atoms with Crippen LogP contribution < -0.4 is 0 Å². The van der Waals surface area contributed by atoms with Crippen molar-refractivity contribution in [3.05, 3.63) is 21.3 Å². The summed E-state index contributed by atoms with van der Waals surface area (Å²) in [6.45, 7) is 1.83. The van der Waals surface area contributed by atoms with Crippen molar-refractivity contribution >= 4 is 22.9 Å². The Labute approximate surface area is 93.7 Å². The van der Waals surface area contributed by atoms with Crippen molar-refractivity contribution in [3.63, 3.8) is 0 Å². The third-order valence-corrected chi connectivity index (χ3v) is 3.27. The normalized spacial score (nSPS) is 10.4. The quantitative estimate of drug-likeness (QED) is 0.775. The van der Waals surface area contributed by atoms with Crippen LogP contribution >= 0.6 is 22.9 Å². The summed E-state index contributed by atoms with van der Waals surface area (Å²) < 4.78 is 0.847. The molecule has 0 unspecified atom stereocenters. The van der Waals surface area contributed by atoms with Gasteiger partial charge in [-0.25, -0.2) is 0 Å². The van der Waals surface area contributed by atoms with Crippen molar-refractivity contribution in [3.8, 4) is 6.07 Å². The highest BCUT2D eigenvalue weighted by Gasteiger charge is 2.01. The minimum atomic E-state index is 0.599. The Morgan fingerprint density at radius 3 is 2.86 bits per heavy atom. The van der Waals surface area contributed by atoms with Gasteiger partial charge in [0.25, 0.3) is 0 Å². The highest BCUT2D eigenvalue weighted by atomic mass is 35.5. The summed E-state index contributed by atoms with van der Waals surface area (Å²) in [6.07, 6.45) is 1.61. The molecule has 1 rings (SSSR count). The van der Waals surface area contributed by atoms with Crippen LogP contribution in [0, 0.1) is 11.3 Å². The molecule has 0 bridgehead atoms. The maximum absolute atomic E-state index is 8.41. The molecule has 0 saturated heterocycles. The van der Waals surface area contributed by atoms with Crippen molar-refractivity contribution in [2.24, 2.45) is 0 Å². The summed E-state index contributed by atoms with van der Waals surface area (Å²) in [5.41, 5.74) is 0. The molecule has 1 heterocycles. The minimum Gasteiger partial charge on any atom is -0.305 e. The van der Waals surface area contributed by atoms with E-state index in [9.17, 15) is 0 Å². The number of likely N-dealkylation sites (N-methyl/N-ethyl adjacent to an activating group) is 1. The van der Waals surface area contributed by atoms with Gasteiger partial charge in [-0.15, -0.1) is 11.3 Å². The Morgan fingerprint density at radius 1 is 1.50 bits per heavy atom. The highest BCUT2D eigenvalue weighted by molar-refractivity contribution is 7.16. The van der Waals surface area contributed by atoms with Gasteiger partial charge in [0.2, 0.25) is 0 Å². The molecule has 0 saturated carbocycles. The Balaban J connectivity index is 2.24. The lowest BCUT2D eigenvalue weighted by molar-refractivity contribution is 0.347. The molecule has 14 heavy (non-hydrogen) atoms. The molecule has 0 aromatic carbocycles. The van der Waals surface area contributed by atoms with Gasteiger partial charge in [-0.2, -0.15) is 5.26 Å². The Bertz CT molecular complexity index is 316. The molecule has 0 spiro atoms. The van der Waals surface area contributed by atoms with Crippen LogP contribution in [0.3, 0.4) is 0 Å². The van der Waals surface area contributed by atoms with E-state index in [2.05, 4.69) is 17.0 Å². The van der Waals surface area contributed by atoms with Crippen molar-refractivity contribution < 1.29 is 0 Å². The molecule has 76 valence electrons. The molecule has 0 aliphatic rings. The Hall–Kier alpha value is -0.560. The first-order valence-electron chi connectivity index (χ1n) is 4.52. The minimum absolute atomic E-state index is 0.599. The van der Waals surface area contributed by atoms with E-state index in [0.717, 1.165) is 23.8 Å². The second-order valence-corrected chi connectivity index (χ2v) is 4.97. The van der Waals surface area contributed by atoms with Gasteiger partial charge < -0.3 is 4.90 Å². The third-order valence-electron chi connectivity index (χ3n) is 1.97. The van der Waals surface area contributed by atoms with Gasteiger partial charge in [0, 0.05) is 24.4 Å². The van der Waals surface area contributed by atoms with E-state index < -0.39 is 0 Å². The van der Waals surface area contributed by atoms with Crippen LogP contribution in [-0.2, 0) is 6.42 Å². The van der Waals surface area contributed by atoms with Gasteiger partial charge in [0.1, 0.15) is 0 Å². The van der Waals surface area contributed by atoms with E-state index >= 15 is 0 Å². The van der Waals surface area contributed by atoms with Crippen LogP contribution in [0.25, 0.3) is 0 Å². The summed E-state index contributed by atoms with van der Waals surface area (Å²) in [4.78, 5) is 3.47. The van der Waals surface area contributed by atoms with Crippen LogP contribution in [0.15, 0.2) is 12.1 Å². The zero-order chi connectivity index (χ0) is 10.4. The zero-order valence-corrected chi connectivity index (χ0v) is 9.74. The van der Waals surface area contributed by atoms with E-state index in [-0.39, 0.29) is 0 Å². The van der Waals surface area contributed by atoms with Crippen LogP contribution in [0.5, 0.6) is 0 Å². The van der Waals surface area contributed by atoms with E-state index in [0.29, 0.717) is 6.42 Å². The fourth-order valence-electron chi connectivity index (χ4n) is 1.14. The molecule has 4 heteroatoms. The van der Waals surface area contributed by atoms with Crippen LogP contribution in [0.4, 0.5) is 0 Å². The Kier molecular flexibility index (Phi) is 4.95. The summed E-state index contributed by atoms with van der Waals surface area (Å²) in [5, 5.41) is 8.41. The first-order valence-corrected chi connectivity index (χ1v) is 5.71. The van der Waals surface area contributed by atoms with Crippen molar-refractivity contribution in [2.45, 2.75) is 12.8 Å². The predicted molar refractivity (Wildman–Crippen MR) is 60.8 cm³/mol. The predicted octanol–water partition coefficient (Wildman–Crippen LogP) is 2.79. The summed E-state index contributed by atoms with van der Waals surface area (Å²) in [6, 6.07) is 6.13. The number of halogens is 1. The fraction of sp³-hybridized carbons (Fsp3) is 0.500. The molecule has 1 aromatic rings. The molecule has 0 aliphatic heterocycles. The van der Waals surface area contributed by atoms with Gasteiger partial charge in [-0.3, -0.25) is 0 Å². The van der Waals surface area contributed by atoms with Crippen molar-refractivity contribution in [1.29, 1.82) is 5.26 Å². The monoisotopic (exact) mass is 228 g/mol. The van der Waals surface area contributed by atoms with Crippen molar-refractivity contribution in [1.82, 2.24) is 4.90 Å². The molecule has 0 radical (unpaired) electrons. The topological polar surface area (TPSA) is 27.0 Å². The van der Waals surface area contributed by atoms with Gasteiger partial charge in [0.15, 0.2) is 0 Å². The molecule has 0 atom stereocenters. The lowest BCUT2D eigenvalue weighted by Gasteiger charge is -2.13. The smallest absolute Gasteiger partial charge is 0.0931 e. The van der Waals surface area contributed by atoms with Crippen LogP contribution in [0.1, 0.15) is 11.3 Å². The van der Waals surface area contributed by atoms with E-state index in [1.54, 1.807) is 11.3 Å². The molecule has 0 amide bonds. The standard InChI is InChI=1S/C10H13ClN2S/c1-13(7-2-6-12)8-5-9-3-4-10(11)14-9/h3-4H,2,5,7-8H2,1H3. The maximum atomic E-state index is 8.41. The molecule has 2 nitrogen and oxygen atoms in total. The van der Waals surface area contributed by atoms with Gasteiger partial charge in [0.05, 0.1) is 10.4 Å². The van der Waals surface area contributed by atoms with E-state index in [1.165, 1.54) is 4.88 Å². The van der Waals surface area contributed by atoms with Gasteiger partial charge in [-0.1, -0.05) is 11.6 Å². The summed E-state index contributed by atoms with van der Waals surface area (Å²) in [7, 11) is 2.03. The average Bonchev–Trinajstić information content (AvgIpc) is 2.58. The third kappa shape index (κ3) is 4.10. The fourth-order valence-corrected chi connectivity index (χ4v) is 2.22. The SMILES string of the molecule is CN(CCC#N)CCc1ccc(Cl)s1. The van der Waals surface area contributed by atoms with Crippen LogP contribution in [-0.4, -0.2) is 25.0 Å². The number of hydrogen-bond donors (Lipinski definition) is 0. The Morgan fingerprint density at radius 2 is 2.29 bits per heavy atom. The number of nitriles is 1. The van der Waals surface area contributed by atoms with Gasteiger partial charge >= 0.3 is 0 Å². The lowest BCUT2D eigenvalue weighted by atomic mass is 10.3. The molecule has 0 aliphatic carbocycles. The first-order chi connectivity index (χ1) is 6.72. The molecular formula is C10H13ClN2S. The second kappa shape index (κ2) is 6.02. The number of rotatable bonds is 5.